The first kappa shape index (κ1) is 19.9. The Morgan fingerprint density at radius 2 is 1.85 bits per heavy atom. The minimum absolute atomic E-state index is 0.242. The van der Waals surface area contributed by atoms with Crippen LogP contribution in [0.25, 0.3) is 0 Å². The Balaban J connectivity index is 2.11. The molecule has 0 radical (unpaired) electrons. The van der Waals surface area contributed by atoms with E-state index in [0.29, 0.717) is 32.9 Å². The average Bonchev–Trinajstić information content (AvgIpc) is 2.53. The average molecular weight is 394 g/mol. The van der Waals surface area contributed by atoms with E-state index in [2.05, 4.69) is 0 Å². The normalized spacial score (nSPS) is 10.8. The Bertz CT molecular complexity index is 854. The molecule has 2 aromatic carbocycles. The van der Waals surface area contributed by atoms with Crippen LogP contribution in [0.3, 0.4) is 0 Å². The van der Waals surface area contributed by atoms with Gasteiger partial charge in [-0.25, -0.2) is 4.79 Å². The molecule has 0 fully saturated rings. The zero-order valence-corrected chi connectivity index (χ0v) is 16.0. The Morgan fingerprint density at radius 1 is 1.12 bits per heavy atom. The van der Waals surface area contributed by atoms with Crippen molar-refractivity contribution in [3.8, 4) is 23.3 Å². The number of hydrogen-bond donors (Lipinski definition) is 0. The summed E-state index contributed by atoms with van der Waals surface area (Å²) in [5.41, 5.74) is -0.222. The molecule has 0 aliphatic rings. The summed E-state index contributed by atoms with van der Waals surface area (Å²) in [7, 11) is 0. The Labute approximate surface area is 162 Å². The lowest BCUT2D eigenvalue weighted by atomic mass is 10.2. The second-order valence-corrected chi connectivity index (χ2v) is 7.20. The van der Waals surface area contributed by atoms with Gasteiger partial charge < -0.3 is 14.2 Å². The highest BCUT2D eigenvalue weighted by atomic mass is 35.5. The lowest BCUT2D eigenvalue weighted by Gasteiger charge is -2.19. The van der Waals surface area contributed by atoms with E-state index in [9.17, 15) is 4.79 Å². The van der Waals surface area contributed by atoms with Gasteiger partial charge in [0.1, 0.15) is 22.8 Å². The van der Waals surface area contributed by atoms with Gasteiger partial charge in [-0.1, -0.05) is 23.2 Å². The van der Waals surface area contributed by atoms with E-state index in [1.165, 1.54) is 12.1 Å². The molecule has 0 aliphatic carbocycles. The molecule has 2 aromatic rings. The van der Waals surface area contributed by atoms with Gasteiger partial charge >= 0.3 is 5.97 Å². The van der Waals surface area contributed by atoms with Crippen LogP contribution in [0.2, 0.25) is 10.0 Å². The molecule has 0 aromatic heterocycles. The maximum atomic E-state index is 11.7. The first-order chi connectivity index (χ1) is 12.2. The van der Waals surface area contributed by atoms with Gasteiger partial charge in [-0.15, -0.1) is 0 Å². The van der Waals surface area contributed by atoms with Gasteiger partial charge in [0.05, 0.1) is 16.7 Å². The molecule has 0 saturated heterocycles. The predicted octanol–water partition coefficient (Wildman–Crippen LogP) is 5.38. The summed E-state index contributed by atoms with van der Waals surface area (Å²) in [5, 5.41) is 9.71. The largest absolute Gasteiger partial charge is 0.482 e. The highest BCUT2D eigenvalue weighted by Crippen LogP contribution is 2.34. The van der Waals surface area contributed by atoms with Crippen molar-refractivity contribution >= 4 is 29.2 Å². The van der Waals surface area contributed by atoms with Crippen molar-refractivity contribution < 1.29 is 19.0 Å². The summed E-state index contributed by atoms with van der Waals surface area (Å²) in [6.07, 6.45) is 0. The number of benzene rings is 2. The molecule has 0 saturated carbocycles. The van der Waals surface area contributed by atoms with E-state index < -0.39 is 11.6 Å². The molecule has 0 N–H and O–H groups in total. The fourth-order valence-corrected chi connectivity index (χ4v) is 2.36. The van der Waals surface area contributed by atoms with Gasteiger partial charge in [-0.3, -0.25) is 0 Å². The molecular weight excluding hydrogens is 377 g/mol. The van der Waals surface area contributed by atoms with Gasteiger partial charge in [0.15, 0.2) is 6.61 Å². The number of carbonyl (C=O) groups excluding carboxylic acids is 1. The molecule has 0 amide bonds. The lowest BCUT2D eigenvalue weighted by molar-refractivity contribution is -0.157. The van der Waals surface area contributed by atoms with Crippen molar-refractivity contribution in [3.05, 3.63) is 52.0 Å². The quantitative estimate of drug-likeness (QED) is 0.637. The number of nitrogens with zero attached hydrogens (tertiary/aromatic N) is 1. The third-order valence-electron chi connectivity index (χ3n) is 2.91. The van der Waals surface area contributed by atoms with Crippen LogP contribution in [0.5, 0.6) is 17.2 Å². The van der Waals surface area contributed by atoms with Crippen molar-refractivity contribution in [2.75, 3.05) is 6.61 Å². The molecule has 7 heteroatoms. The van der Waals surface area contributed by atoms with E-state index in [1.54, 1.807) is 45.0 Å². The summed E-state index contributed by atoms with van der Waals surface area (Å²) in [6.45, 7) is 5.09. The van der Waals surface area contributed by atoms with Crippen LogP contribution in [-0.4, -0.2) is 18.2 Å². The van der Waals surface area contributed by atoms with Crippen molar-refractivity contribution in [2.24, 2.45) is 0 Å². The summed E-state index contributed by atoms with van der Waals surface area (Å²) in [6, 6.07) is 11.4. The zero-order chi connectivity index (χ0) is 19.3. The highest BCUT2D eigenvalue weighted by Gasteiger charge is 2.17. The van der Waals surface area contributed by atoms with Gasteiger partial charge in [-0.2, -0.15) is 5.26 Å². The molecule has 0 spiro atoms. The Kier molecular flexibility index (Phi) is 6.36. The fraction of sp³-hybridized carbons (Fsp3) is 0.263. The smallest absolute Gasteiger partial charge is 0.344 e. The SMILES string of the molecule is CC(C)(C)OC(=O)COc1ccc(Cl)c(Oc2cc(Cl)cc(C#N)c2)c1. The maximum Gasteiger partial charge on any atom is 0.344 e. The molecule has 0 heterocycles. The van der Waals surface area contributed by atoms with Crippen LogP contribution in [0, 0.1) is 11.3 Å². The summed E-state index contributed by atoms with van der Waals surface area (Å²) < 4.78 is 16.3. The molecule has 0 unspecified atom stereocenters. The molecule has 0 aliphatic heterocycles. The van der Waals surface area contributed by atoms with Crippen molar-refractivity contribution in [1.82, 2.24) is 0 Å². The van der Waals surface area contributed by atoms with Crippen LogP contribution in [0.4, 0.5) is 0 Å². The number of halogens is 2. The molecule has 136 valence electrons. The van der Waals surface area contributed by atoms with Gasteiger partial charge in [0.25, 0.3) is 0 Å². The van der Waals surface area contributed by atoms with E-state index in [-0.39, 0.29) is 6.61 Å². The van der Waals surface area contributed by atoms with Crippen molar-refractivity contribution in [2.45, 2.75) is 26.4 Å². The fourth-order valence-electron chi connectivity index (χ4n) is 1.98. The van der Waals surface area contributed by atoms with Crippen LogP contribution in [-0.2, 0) is 9.53 Å². The first-order valence-electron chi connectivity index (χ1n) is 7.69. The maximum absolute atomic E-state index is 11.7. The van der Waals surface area contributed by atoms with Crippen LogP contribution in [0.15, 0.2) is 36.4 Å². The van der Waals surface area contributed by atoms with E-state index in [0.717, 1.165) is 0 Å². The minimum atomic E-state index is -0.584. The van der Waals surface area contributed by atoms with E-state index in [4.69, 9.17) is 42.7 Å². The van der Waals surface area contributed by atoms with Crippen LogP contribution >= 0.6 is 23.2 Å². The third kappa shape index (κ3) is 6.14. The predicted molar refractivity (Wildman–Crippen MR) is 99.0 cm³/mol. The standard InChI is InChI=1S/C19H17Cl2NO4/c1-19(2,3)26-18(23)11-24-14-4-5-16(21)17(9-14)25-15-7-12(10-22)6-13(20)8-15/h4-9H,11H2,1-3H3. The van der Waals surface area contributed by atoms with Crippen molar-refractivity contribution in [3.63, 3.8) is 0 Å². The number of ether oxygens (including phenoxy) is 3. The molecular formula is C19H17Cl2NO4. The number of rotatable bonds is 5. The highest BCUT2D eigenvalue weighted by molar-refractivity contribution is 6.32. The lowest BCUT2D eigenvalue weighted by Crippen LogP contribution is -2.27. The van der Waals surface area contributed by atoms with Crippen molar-refractivity contribution in [1.29, 1.82) is 5.26 Å². The summed E-state index contributed by atoms with van der Waals surface area (Å²) >= 11 is 12.1. The molecule has 26 heavy (non-hydrogen) atoms. The van der Waals surface area contributed by atoms with E-state index >= 15 is 0 Å². The Hall–Kier alpha value is -2.42. The first-order valence-corrected chi connectivity index (χ1v) is 8.44. The molecule has 0 bridgehead atoms. The van der Waals surface area contributed by atoms with E-state index in [1.807, 2.05) is 6.07 Å². The van der Waals surface area contributed by atoms with Crippen LogP contribution < -0.4 is 9.47 Å². The molecule has 5 nitrogen and oxygen atoms in total. The van der Waals surface area contributed by atoms with Gasteiger partial charge in [0.2, 0.25) is 0 Å². The number of esters is 1. The monoisotopic (exact) mass is 393 g/mol. The summed E-state index contributed by atoms with van der Waals surface area (Å²) in [5.74, 6) is 0.570. The second kappa shape index (κ2) is 8.31. The Morgan fingerprint density at radius 3 is 2.50 bits per heavy atom. The van der Waals surface area contributed by atoms with Gasteiger partial charge in [-0.05, 0) is 51.1 Å². The van der Waals surface area contributed by atoms with Gasteiger partial charge in [0, 0.05) is 11.1 Å². The zero-order valence-electron chi connectivity index (χ0n) is 14.5. The third-order valence-corrected chi connectivity index (χ3v) is 3.44. The topological polar surface area (TPSA) is 68.6 Å². The molecule has 0 atom stereocenters. The minimum Gasteiger partial charge on any atom is -0.482 e. The molecule has 2 rings (SSSR count). The number of carbonyl (C=O) groups is 1. The number of hydrogen-bond acceptors (Lipinski definition) is 5. The second-order valence-electron chi connectivity index (χ2n) is 6.36. The summed E-state index contributed by atoms with van der Waals surface area (Å²) in [4.78, 5) is 11.7. The number of nitriles is 1. The van der Waals surface area contributed by atoms with Crippen LogP contribution in [0.1, 0.15) is 26.3 Å².